The van der Waals surface area contributed by atoms with Crippen LogP contribution in [0.1, 0.15) is 36.0 Å². The maximum absolute atomic E-state index is 12.1. The lowest BCUT2D eigenvalue weighted by Crippen LogP contribution is -2.41. The maximum Gasteiger partial charge on any atom is 0.291 e. The van der Waals surface area contributed by atoms with E-state index >= 15 is 0 Å². The molecule has 0 atom stereocenters. The Morgan fingerprint density at radius 2 is 2.24 bits per heavy atom. The molecule has 0 aliphatic carbocycles. The average Bonchev–Trinajstić information content (AvgIpc) is 2.76. The van der Waals surface area contributed by atoms with Crippen molar-refractivity contribution in [1.82, 2.24) is 9.88 Å². The van der Waals surface area contributed by atoms with Crippen LogP contribution >= 0.6 is 0 Å². The van der Waals surface area contributed by atoms with Crippen LogP contribution in [0.4, 0.5) is 0 Å². The summed E-state index contributed by atoms with van der Waals surface area (Å²) in [7, 11) is 0. The first kappa shape index (κ1) is 11.6. The van der Waals surface area contributed by atoms with Crippen molar-refractivity contribution in [1.29, 1.82) is 5.26 Å². The predicted molar refractivity (Wildman–Crippen MR) is 60.1 cm³/mol. The van der Waals surface area contributed by atoms with Gasteiger partial charge in [-0.3, -0.25) is 4.79 Å². The molecule has 0 unspecified atom stereocenters. The molecule has 0 aromatic carbocycles. The van der Waals surface area contributed by atoms with E-state index in [4.69, 9.17) is 9.68 Å². The van der Waals surface area contributed by atoms with Gasteiger partial charge in [-0.25, -0.2) is 4.98 Å². The second-order valence-electron chi connectivity index (χ2n) is 4.73. The number of hydrogen-bond acceptors (Lipinski definition) is 4. The van der Waals surface area contributed by atoms with E-state index in [9.17, 15) is 4.79 Å². The van der Waals surface area contributed by atoms with Crippen molar-refractivity contribution in [3.63, 3.8) is 0 Å². The summed E-state index contributed by atoms with van der Waals surface area (Å²) in [5.74, 6) is 0.186. The second-order valence-corrected chi connectivity index (χ2v) is 4.73. The highest BCUT2D eigenvalue weighted by molar-refractivity contribution is 5.92. The second kappa shape index (κ2) is 4.21. The largest absolute Gasteiger partial charge is 0.438 e. The molecule has 1 aromatic heterocycles. The highest BCUT2D eigenvalue weighted by atomic mass is 16.3. The molecule has 0 bridgehead atoms. The summed E-state index contributed by atoms with van der Waals surface area (Å²) < 4.78 is 5.09. The third-order valence-electron chi connectivity index (χ3n) is 3.36. The van der Waals surface area contributed by atoms with Gasteiger partial charge in [0.05, 0.1) is 17.2 Å². The smallest absolute Gasteiger partial charge is 0.291 e. The number of carbonyl (C=O) groups is 1. The summed E-state index contributed by atoms with van der Waals surface area (Å²) in [6.45, 7) is 4.89. The zero-order valence-corrected chi connectivity index (χ0v) is 10.1. The molecule has 1 aliphatic rings. The number of piperidine rings is 1. The van der Waals surface area contributed by atoms with Gasteiger partial charge in [-0.1, -0.05) is 0 Å². The molecule has 2 rings (SSSR count). The molecule has 1 amide bonds. The zero-order chi connectivity index (χ0) is 12.5. The van der Waals surface area contributed by atoms with Crippen LogP contribution in [-0.2, 0) is 0 Å². The minimum atomic E-state index is -0.298. The zero-order valence-electron chi connectivity index (χ0n) is 10.1. The molecule has 1 aliphatic heterocycles. The van der Waals surface area contributed by atoms with Crippen molar-refractivity contribution in [3.05, 3.63) is 17.8 Å². The topological polar surface area (TPSA) is 70.1 Å². The molecule has 5 nitrogen and oxygen atoms in total. The molecular weight excluding hydrogens is 218 g/mol. The van der Waals surface area contributed by atoms with Gasteiger partial charge in [0.15, 0.2) is 6.39 Å². The molecule has 2 heterocycles. The highest BCUT2D eigenvalue weighted by Crippen LogP contribution is 2.30. The first-order valence-electron chi connectivity index (χ1n) is 5.66. The quantitative estimate of drug-likeness (QED) is 0.740. The number of carbonyl (C=O) groups excluding carboxylic acids is 1. The Morgan fingerprint density at radius 1 is 1.59 bits per heavy atom. The normalized spacial score (nSPS) is 18.8. The summed E-state index contributed by atoms with van der Waals surface area (Å²) in [6, 6.07) is 2.31. The van der Waals surface area contributed by atoms with E-state index in [2.05, 4.69) is 11.1 Å². The van der Waals surface area contributed by atoms with Crippen molar-refractivity contribution in [2.24, 2.45) is 5.41 Å². The van der Waals surface area contributed by atoms with Crippen LogP contribution in [0.15, 0.2) is 10.8 Å². The van der Waals surface area contributed by atoms with E-state index < -0.39 is 0 Å². The minimum Gasteiger partial charge on any atom is -0.438 e. The number of amides is 1. The fraction of sp³-hybridized carbons (Fsp3) is 0.583. The van der Waals surface area contributed by atoms with Gasteiger partial charge in [-0.05, 0) is 26.7 Å². The van der Waals surface area contributed by atoms with Gasteiger partial charge < -0.3 is 9.32 Å². The first-order valence-corrected chi connectivity index (χ1v) is 5.66. The van der Waals surface area contributed by atoms with Gasteiger partial charge in [-0.15, -0.1) is 0 Å². The van der Waals surface area contributed by atoms with E-state index in [1.807, 2.05) is 6.92 Å². The minimum absolute atomic E-state index is 0.125. The average molecular weight is 233 g/mol. The Morgan fingerprint density at radius 3 is 2.71 bits per heavy atom. The standard InChI is InChI=1S/C12H15N3O2/c1-9-10(17-8-14-9)11(16)15-5-3-12(2,7-13)4-6-15/h8H,3-6H2,1-2H3. The Hall–Kier alpha value is -1.83. The van der Waals surface area contributed by atoms with Crippen molar-refractivity contribution in [2.45, 2.75) is 26.7 Å². The predicted octanol–water partition coefficient (Wildman–Crippen LogP) is 1.75. The van der Waals surface area contributed by atoms with E-state index in [1.165, 1.54) is 6.39 Å². The number of aryl methyl sites for hydroxylation is 1. The molecule has 1 saturated heterocycles. The lowest BCUT2D eigenvalue weighted by Gasteiger charge is -2.34. The fourth-order valence-electron chi connectivity index (χ4n) is 1.97. The summed E-state index contributed by atoms with van der Waals surface area (Å²) >= 11 is 0. The third-order valence-corrected chi connectivity index (χ3v) is 3.36. The van der Waals surface area contributed by atoms with Crippen molar-refractivity contribution < 1.29 is 9.21 Å². The van der Waals surface area contributed by atoms with Crippen LogP contribution in [0, 0.1) is 23.7 Å². The number of likely N-dealkylation sites (tertiary alicyclic amines) is 1. The molecule has 0 N–H and O–H groups in total. The van der Waals surface area contributed by atoms with Gasteiger partial charge in [-0.2, -0.15) is 5.26 Å². The van der Waals surface area contributed by atoms with Gasteiger partial charge in [0.2, 0.25) is 5.76 Å². The Kier molecular flexibility index (Phi) is 2.88. The molecule has 17 heavy (non-hydrogen) atoms. The Bertz CT molecular complexity index is 464. The van der Waals surface area contributed by atoms with Gasteiger partial charge in [0, 0.05) is 13.1 Å². The van der Waals surface area contributed by atoms with Crippen molar-refractivity contribution in [3.8, 4) is 6.07 Å². The van der Waals surface area contributed by atoms with E-state index in [0.717, 1.165) is 0 Å². The summed E-state index contributed by atoms with van der Waals surface area (Å²) in [5, 5.41) is 9.02. The van der Waals surface area contributed by atoms with Crippen LogP contribution in [0.3, 0.4) is 0 Å². The summed E-state index contributed by atoms with van der Waals surface area (Å²) in [5.41, 5.74) is 0.316. The molecule has 0 radical (unpaired) electrons. The van der Waals surface area contributed by atoms with Crippen molar-refractivity contribution in [2.75, 3.05) is 13.1 Å². The molecule has 0 saturated carbocycles. The number of nitriles is 1. The van der Waals surface area contributed by atoms with Crippen LogP contribution in [0.5, 0.6) is 0 Å². The van der Waals surface area contributed by atoms with Crippen LogP contribution in [-0.4, -0.2) is 28.9 Å². The number of oxazole rings is 1. The maximum atomic E-state index is 12.1. The van der Waals surface area contributed by atoms with Gasteiger partial charge in [0.25, 0.3) is 5.91 Å². The first-order chi connectivity index (χ1) is 8.06. The molecule has 90 valence electrons. The SMILES string of the molecule is Cc1ncoc1C(=O)N1CCC(C)(C#N)CC1. The Labute approximate surface area is 100 Å². The van der Waals surface area contributed by atoms with E-state index in [1.54, 1.807) is 11.8 Å². The van der Waals surface area contributed by atoms with Crippen LogP contribution in [0.25, 0.3) is 0 Å². The number of hydrogen-bond donors (Lipinski definition) is 0. The molecule has 0 spiro atoms. The molecular formula is C12H15N3O2. The molecule has 1 aromatic rings. The summed E-state index contributed by atoms with van der Waals surface area (Å²) in [4.78, 5) is 17.7. The number of rotatable bonds is 1. The number of nitrogens with zero attached hydrogens (tertiary/aromatic N) is 3. The summed E-state index contributed by atoms with van der Waals surface area (Å²) in [6.07, 6.45) is 2.71. The monoisotopic (exact) mass is 233 g/mol. The van der Waals surface area contributed by atoms with Crippen molar-refractivity contribution >= 4 is 5.91 Å². The molecule has 5 heteroatoms. The fourth-order valence-corrected chi connectivity index (χ4v) is 1.97. The van der Waals surface area contributed by atoms with Crippen LogP contribution in [0.2, 0.25) is 0 Å². The lowest BCUT2D eigenvalue weighted by atomic mass is 9.82. The van der Waals surface area contributed by atoms with Gasteiger partial charge >= 0.3 is 0 Å². The van der Waals surface area contributed by atoms with Crippen LogP contribution < -0.4 is 0 Å². The third kappa shape index (κ3) is 2.16. The molecule has 1 fully saturated rings. The van der Waals surface area contributed by atoms with E-state index in [0.29, 0.717) is 37.4 Å². The van der Waals surface area contributed by atoms with Gasteiger partial charge in [0.1, 0.15) is 0 Å². The Balaban J connectivity index is 2.06. The number of aromatic nitrogens is 1. The van der Waals surface area contributed by atoms with E-state index in [-0.39, 0.29) is 11.3 Å². The highest BCUT2D eigenvalue weighted by Gasteiger charge is 2.33. The lowest BCUT2D eigenvalue weighted by molar-refractivity contribution is 0.0629.